The second kappa shape index (κ2) is 9.12. The van der Waals surface area contributed by atoms with Crippen molar-refractivity contribution in [2.24, 2.45) is 0 Å². The fourth-order valence-corrected chi connectivity index (χ4v) is 3.78. The molecule has 11 heteroatoms. The molecule has 2 aromatic carbocycles. The van der Waals surface area contributed by atoms with Crippen LogP contribution in [0.15, 0.2) is 42.0 Å². The Morgan fingerprint density at radius 3 is 2.61 bits per heavy atom. The molecule has 0 saturated carbocycles. The summed E-state index contributed by atoms with van der Waals surface area (Å²) in [5.41, 5.74) is -0.170. The van der Waals surface area contributed by atoms with Gasteiger partial charge in [-0.05, 0) is 59.4 Å². The van der Waals surface area contributed by atoms with Gasteiger partial charge in [0, 0.05) is 12.1 Å². The van der Waals surface area contributed by atoms with Gasteiger partial charge in [0.05, 0.1) is 27.9 Å². The maximum absolute atomic E-state index is 13.0. The van der Waals surface area contributed by atoms with Crippen molar-refractivity contribution < 1.29 is 28.8 Å². The largest absolute Gasteiger partial charge is 0.492 e. The molecule has 1 aliphatic rings. The fourth-order valence-electron chi connectivity index (χ4n) is 2.94. The van der Waals surface area contributed by atoms with Crippen LogP contribution in [0.3, 0.4) is 0 Å². The summed E-state index contributed by atoms with van der Waals surface area (Å²) in [5.74, 6) is -0.838. The lowest BCUT2D eigenvalue weighted by Crippen LogP contribution is -2.54. The van der Waals surface area contributed by atoms with Crippen LogP contribution in [0.1, 0.15) is 12.5 Å². The molecule has 1 fully saturated rings. The Bertz CT molecular complexity index is 1130. The number of barbiturate groups is 1. The SMILES string of the molecule is CCOc1cc(/C=C2\C(=O)NC(=O)N(c3cccc([N+](=O)[O-])c3)C2=O)cc(I)c1OC. The van der Waals surface area contributed by atoms with Gasteiger partial charge in [-0.25, -0.2) is 9.69 Å². The van der Waals surface area contributed by atoms with Gasteiger partial charge in [0.25, 0.3) is 17.5 Å². The molecule has 0 radical (unpaired) electrons. The molecule has 0 unspecified atom stereocenters. The summed E-state index contributed by atoms with van der Waals surface area (Å²) in [4.78, 5) is 48.8. The second-order valence-corrected chi connectivity index (χ2v) is 7.36. The molecule has 2 aromatic rings. The number of urea groups is 1. The number of hydrogen-bond donors (Lipinski definition) is 1. The molecular formula is C20H16IN3O7. The number of nitrogens with zero attached hydrogens (tertiary/aromatic N) is 2. The number of benzene rings is 2. The number of ether oxygens (including phenoxy) is 2. The zero-order valence-corrected chi connectivity index (χ0v) is 18.5. The first-order valence-electron chi connectivity index (χ1n) is 8.93. The lowest BCUT2D eigenvalue weighted by molar-refractivity contribution is -0.384. The summed E-state index contributed by atoms with van der Waals surface area (Å²) in [6.45, 7) is 2.18. The van der Waals surface area contributed by atoms with Gasteiger partial charge in [0.2, 0.25) is 0 Å². The van der Waals surface area contributed by atoms with Crippen LogP contribution in [0.25, 0.3) is 6.08 Å². The molecule has 0 spiro atoms. The minimum Gasteiger partial charge on any atom is -0.492 e. The molecular weight excluding hydrogens is 521 g/mol. The van der Waals surface area contributed by atoms with Crippen molar-refractivity contribution in [3.63, 3.8) is 0 Å². The maximum Gasteiger partial charge on any atom is 0.335 e. The molecule has 1 saturated heterocycles. The number of carbonyl (C=O) groups is 3. The van der Waals surface area contributed by atoms with Crippen molar-refractivity contribution in [1.29, 1.82) is 0 Å². The molecule has 1 heterocycles. The van der Waals surface area contributed by atoms with Crippen LogP contribution in [-0.4, -0.2) is 36.5 Å². The number of carbonyl (C=O) groups excluding carboxylic acids is 3. The molecule has 1 N–H and O–H groups in total. The smallest absolute Gasteiger partial charge is 0.335 e. The van der Waals surface area contributed by atoms with E-state index >= 15 is 0 Å². The van der Waals surface area contributed by atoms with Crippen molar-refractivity contribution in [2.75, 3.05) is 18.6 Å². The van der Waals surface area contributed by atoms with Crippen molar-refractivity contribution in [1.82, 2.24) is 5.32 Å². The fraction of sp³-hybridized carbons (Fsp3) is 0.150. The highest BCUT2D eigenvalue weighted by molar-refractivity contribution is 14.1. The molecule has 0 aliphatic carbocycles. The third-order valence-electron chi connectivity index (χ3n) is 4.25. The number of nitrogens with one attached hydrogen (secondary N) is 1. The number of nitro groups is 1. The van der Waals surface area contributed by atoms with Gasteiger partial charge in [0.15, 0.2) is 11.5 Å². The van der Waals surface area contributed by atoms with E-state index in [1.54, 1.807) is 19.1 Å². The van der Waals surface area contributed by atoms with E-state index in [9.17, 15) is 24.5 Å². The number of hydrogen-bond acceptors (Lipinski definition) is 7. The Labute approximate surface area is 190 Å². The summed E-state index contributed by atoms with van der Waals surface area (Å²) < 4.78 is 11.6. The van der Waals surface area contributed by atoms with Crippen LogP contribution in [0.5, 0.6) is 11.5 Å². The predicted octanol–water partition coefficient (Wildman–Crippen LogP) is 3.27. The first-order valence-corrected chi connectivity index (χ1v) is 10.0. The number of non-ortho nitro benzene ring substituents is 1. The zero-order valence-electron chi connectivity index (χ0n) is 16.4. The van der Waals surface area contributed by atoms with Crippen molar-refractivity contribution in [3.8, 4) is 11.5 Å². The van der Waals surface area contributed by atoms with E-state index in [0.29, 0.717) is 32.1 Å². The Kier molecular flexibility index (Phi) is 6.53. The maximum atomic E-state index is 13.0. The Hall–Kier alpha value is -3.48. The highest BCUT2D eigenvalue weighted by Gasteiger charge is 2.37. The molecule has 3 rings (SSSR count). The lowest BCUT2D eigenvalue weighted by Gasteiger charge is -2.26. The quantitative estimate of drug-likeness (QED) is 0.197. The van der Waals surface area contributed by atoms with Crippen LogP contribution in [-0.2, 0) is 9.59 Å². The topological polar surface area (TPSA) is 128 Å². The minimum atomic E-state index is -0.994. The first kappa shape index (κ1) is 22.2. The molecule has 0 atom stereocenters. The van der Waals surface area contributed by atoms with E-state index in [0.717, 1.165) is 6.07 Å². The van der Waals surface area contributed by atoms with Gasteiger partial charge in [-0.2, -0.15) is 0 Å². The van der Waals surface area contributed by atoms with Gasteiger partial charge >= 0.3 is 6.03 Å². The minimum absolute atomic E-state index is 0.0329. The number of nitro benzene ring substituents is 1. The number of methoxy groups -OCH3 is 1. The van der Waals surface area contributed by atoms with Crippen molar-refractivity contribution in [2.45, 2.75) is 6.92 Å². The molecule has 31 heavy (non-hydrogen) atoms. The number of amides is 4. The summed E-state index contributed by atoms with van der Waals surface area (Å²) >= 11 is 2.03. The van der Waals surface area contributed by atoms with E-state index in [4.69, 9.17) is 9.47 Å². The highest BCUT2D eigenvalue weighted by Crippen LogP contribution is 2.35. The number of rotatable bonds is 6. The van der Waals surface area contributed by atoms with Crippen LogP contribution in [0, 0.1) is 13.7 Å². The Morgan fingerprint density at radius 1 is 1.23 bits per heavy atom. The van der Waals surface area contributed by atoms with Gasteiger partial charge < -0.3 is 9.47 Å². The van der Waals surface area contributed by atoms with Crippen LogP contribution in [0.2, 0.25) is 0 Å². The average molecular weight is 537 g/mol. The van der Waals surface area contributed by atoms with E-state index in [1.807, 2.05) is 22.6 Å². The molecule has 4 amide bonds. The second-order valence-electron chi connectivity index (χ2n) is 6.20. The van der Waals surface area contributed by atoms with Crippen LogP contribution < -0.4 is 19.7 Å². The molecule has 0 aromatic heterocycles. The van der Waals surface area contributed by atoms with Crippen LogP contribution in [0.4, 0.5) is 16.2 Å². The number of halogens is 1. The number of anilines is 1. The van der Waals surface area contributed by atoms with E-state index < -0.39 is 22.8 Å². The van der Waals surface area contributed by atoms with E-state index in [1.165, 1.54) is 31.4 Å². The average Bonchev–Trinajstić information content (AvgIpc) is 2.71. The summed E-state index contributed by atoms with van der Waals surface area (Å²) in [6, 6.07) is 7.30. The van der Waals surface area contributed by atoms with Gasteiger partial charge in [0.1, 0.15) is 5.57 Å². The molecule has 10 nitrogen and oxygen atoms in total. The first-order chi connectivity index (χ1) is 14.8. The standard InChI is InChI=1S/C20H16IN3O7/c1-3-31-16-9-11(8-15(21)17(16)30-2)7-14-18(25)22-20(27)23(19(14)26)12-5-4-6-13(10-12)24(28)29/h4-10H,3H2,1-2H3,(H,22,25,27)/b14-7+. The Morgan fingerprint density at radius 2 is 1.97 bits per heavy atom. The van der Waals surface area contributed by atoms with Gasteiger partial charge in [-0.1, -0.05) is 6.07 Å². The van der Waals surface area contributed by atoms with Gasteiger partial charge in [-0.15, -0.1) is 0 Å². The van der Waals surface area contributed by atoms with Crippen molar-refractivity contribution in [3.05, 3.63) is 61.2 Å². The monoisotopic (exact) mass is 537 g/mol. The van der Waals surface area contributed by atoms with Gasteiger partial charge in [-0.3, -0.25) is 25.0 Å². The third kappa shape index (κ3) is 4.50. The number of imide groups is 2. The molecule has 0 bridgehead atoms. The van der Waals surface area contributed by atoms with E-state index in [-0.39, 0.29) is 16.9 Å². The summed E-state index contributed by atoms with van der Waals surface area (Å²) in [5, 5.41) is 13.1. The van der Waals surface area contributed by atoms with Crippen LogP contribution >= 0.6 is 22.6 Å². The Balaban J connectivity index is 2.05. The lowest BCUT2D eigenvalue weighted by atomic mass is 10.1. The normalized spacial score (nSPS) is 15.1. The molecule has 1 aliphatic heterocycles. The summed E-state index contributed by atoms with van der Waals surface area (Å²) in [6.07, 6.45) is 1.32. The summed E-state index contributed by atoms with van der Waals surface area (Å²) in [7, 11) is 1.50. The van der Waals surface area contributed by atoms with Crippen molar-refractivity contribution >= 4 is 57.9 Å². The predicted molar refractivity (Wildman–Crippen MR) is 119 cm³/mol. The molecule has 160 valence electrons. The highest BCUT2D eigenvalue weighted by atomic mass is 127. The third-order valence-corrected chi connectivity index (χ3v) is 5.05. The van der Waals surface area contributed by atoms with E-state index in [2.05, 4.69) is 5.32 Å². The zero-order chi connectivity index (χ0) is 22.7.